The van der Waals surface area contributed by atoms with Crippen LogP contribution in [0, 0.1) is 6.92 Å². The van der Waals surface area contributed by atoms with E-state index in [2.05, 4.69) is 15.3 Å². The number of nitrogens with one attached hydrogen (secondary N) is 1. The van der Waals surface area contributed by atoms with Gasteiger partial charge in [0, 0.05) is 37.1 Å². The molecule has 0 atom stereocenters. The van der Waals surface area contributed by atoms with Gasteiger partial charge in [0.15, 0.2) is 0 Å². The van der Waals surface area contributed by atoms with E-state index in [1.807, 2.05) is 37.3 Å². The molecule has 2 aromatic rings. The lowest BCUT2D eigenvalue weighted by molar-refractivity contribution is -0.116. The van der Waals surface area contributed by atoms with E-state index in [0.717, 1.165) is 17.1 Å². The van der Waals surface area contributed by atoms with Crippen molar-refractivity contribution in [3.63, 3.8) is 0 Å². The highest BCUT2D eigenvalue weighted by Crippen LogP contribution is 2.20. The third kappa shape index (κ3) is 3.23. The number of rotatable bonds is 3. The first-order valence-corrected chi connectivity index (χ1v) is 6.18. The van der Waals surface area contributed by atoms with Crippen LogP contribution in [0.3, 0.4) is 0 Å². The standard InChI is InChI=1S/C14H17N5O/c1-9-8-13(18-14(15)16-9)17-11-4-6-12(7-5-11)19(3)10(2)20/h4-8H,1-3H3,(H3,15,16,17,18). The number of carbonyl (C=O) groups is 1. The zero-order valence-corrected chi connectivity index (χ0v) is 11.7. The van der Waals surface area contributed by atoms with Crippen LogP contribution >= 0.6 is 0 Å². The number of hydrogen-bond donors (Lipinski definition) is 2. The summed E-state index contributed by atoms with van der Waals surface area (Å²) in [7, 11) is 1.74. The molecule has 6 nitrogen and oxygen atoms in total. The van der Waals surface area contributed by atoms with E-state index in [0.29, 0.717) is 5.82 Å². The molecule has 0 saturated heterocycles. The first-order chi connectivity index (χ1) is 9.45. The molecule has 0 aliphatic heterocycles. The Bertz CT molecular complexity index is 604. The van der Waals surface area contributed by atoms with Crippen molar-refractivity contribution in [3.8, 4) is 0 Å². The van der Waals surface area contributed by atoms with Crippen LogP contribution in [0.25, 0.3) is 0 Å². The van der Waals surface area contributed by atoms with Crippen LogP contribution in [0.15, 0.2) is 30.3 Å². The molecule has 0 aliphatic carbocycles. The van der Waals surface area contributed by atoms with Crippen molar-refractivity contribution in [1.82, 2.24) is 9.97 Å². The molecule has 0 spiro atoms. The summed E-state index contributed by atoms with van der Waals surface area (Å²) in [5, 5.41) is 3.15. The Hall–Kier alpha value is -2.63. The van der Waals surface area contributed by atoms with Gasteiger partial charge in [-0.15, -0.1) is 0 Å². The predicted octanol–water partition coefficient (Wildman–Crippen LogP) is 2.09. The van der Waals surface area contributed by atoms with Crippen molar-refractivity contribution in [2.75, 3.05) is 23.0 Å². The van der Waals surface area contributed by atoms with Gasteiger partial charge in [-0.1, -0.05) is 0 Å². The monoisotopic (exact) mass is 271 g/mol. The first kappa shape index (κ1) is 13.8. The van der Waals surface area contributed by atoms with Crippen molar-refractivity contribution in [2.24, 2.45) is 0 Å². The summed E-state index contributed by atoms with van der Waals surface area (Å²) in [4.78, 5) is 21.0. The van der Waals surface area contributed by atoms with Gasteiger partial charge < -0.3 is 16.0 Å². The lowest BCUT2D eigenvalue weighted by Gasteiger charge is -2.15. The van der Waals surface area contributed by atoms with Crippen molar-refractivity contribution >= 4 is 29.0 Å². The van der Waals surface area contributed by atoms with Gasteiger partial charge in [0.1, 0.15) is 5.82 Å². The minimum absolute atomic E-state index is 0.00934. The minimum Gasteiger partial charge on any atom is -0.368 e. The van der Waals surface area contributed by atoms with Crippen molar-refractivity contribution in [2.45, 2.75) is 13.8 Å². The Kier molecular flexibility index (Phi) is 3.84. The second-order valence-electron chi connectivity index (χ2n) is 4.50. The largest absolute Gasteiger partial charge is 0.368 e. The van der Waals surface area contributed by atoms with Gasteiger partial charge in [-0.05, 0) is 31.2 Å². The SMILES string of the molecule is CC(=O)N(C)c1ccc(Nc2cc(C)nc(N)n2)cc1. The number of nitrogen functional groups attached to an aromatic ring is 1. The second-order valence-corrected chi connectivity index (χ2v) is 4.50. The van der Waals surface area contributed by atoms with E-state index in [-0.39, 0.29) is 11.9 Å². The Morgan fingerprint density at radius 2 is 1.90 bits per heavy atom. The summed E-state index contributed by atoms with van der Waals surface area (Å²) in [5.41, 5.74) is 8.10. The maximum absolute atomic E-state index is 11.3. The van der Waals surface area contributed by atoms with Crippen LogP contribution in [0.2, 0.25) is 0 Å². The Morgan fingerprint density at radius 3 is 2.45 bits per heavy atom. The van der Waals surface area contributed by atoms with E-state index < -0.39 is 0 Å². The van der Waals surface area contributed by atoms with E-state index in [9.17, 15) is 4.79 Å². The molecule has 1 heterocycles. The Balaban J connectivity index is 2.16. The summed E-state index contributed by atoms with van der Waals surface area (Å²) >= 11 is 0. The first-order valence-electron chi connectivity index (χ1n) is 6.18. The van der Waals surface area contributed by atoms with Gasteiger partial charge in [-0.3, -0.25) is 4.79 Å². The van der Waals surface area contributed by atoms with Crippen LogP contribution in [0.1, 0.15) is 12.6 Å². The molecular formula is C14H17N5O. The molecule has 0 radical (unpaired) electrons. The summed E-state index contributed by atoms with van der Waals surface area (Å²) in [6.45, 7) is 3.38. The number of hydrogen-bond acceptors (Lipinski definition) is 5. The molecule has 20 heavy (non-hydrogen) atoms. The van der Waals surface area contributed by atoms with Crippen molar-refractivity contribution in [3.05, 3.63) is 36.0 Å². The average molecular weight is 271 g/mol. The lowest BCUT2D eigenvalue weighted by atomic mass is 10.2. The third-order valence-corrected chi connectivity index (χ3v) is 2.87. The maximum Gasteiger partial charge on any atom is 0.223 e. The zero-order valence-electron chi connectivity index (χ0n) is 11.7. The highest BCUT2D eigenvalue weighted by molar-refractivity contribution is 5.91. The fourth-order valence-corrected chi connectivity index (χ4v) is 1.75. The molecular weight excluding hydrogens is 254 g/mol. The summed E-state index contributed by atoms with van der Waals surface area (Å²) < 4.78 is 0. The molecule has 0 saturated carbocycles. The van der Waals surface area contributed by atoms with Gasteiger partial charge in [-0.2, -0.15) is 4.98 Å². The van der Waals surface area contributed by atoms with Crippen LogP contribution in [0.4, 0.5) is 23.1 Å². The van der Waals surface area contributed by atoms with Crippen LogP contribution < -0.4 is 16.0 Å². The number of nitrogens with zero attached hydrogens (tertiary/aromatic N) is 3. The van der Waals surface area contributed by atoms with E-state index in [1.54, 1.807) is 11.9 Å². The highest BCUT2D eigenvalue weighted by atomic mass is 16.2. The molecule has 0 fully saturated rings. The van der Waals surface area contributed by atoms with Gasteiger partial charge in [0.25, 0.3) is 0 Å². The fraction of sp³-hybridized carbons (Fsp3) is 0.214. The van der Waals surface area contributed by atoms with Crippen LogP contribution in [-0.4, -0.2) is 22.9 Å². The molecule has 3 N–H and O–H groups in total. The molecule has 1 aromatic heterocycles. The molecule has 0 aliphatic rings. The number of anilines is 4. The molecule has 1 amide bonds. The van der Waals surface area contributed by atoms with Gasteiger partial charge in [0.05, 0.1) is 0 Å². The Morgan fingerprint density at radius 1 is 1.25 bits per heavy atom. The van der Waals surface area contributed by atoms with E-state index in [4.69, 9.17) is 5.73 Å². The number of aromatic nitrogens is 2. The molecule has 2 rings (SSSR count). The number of nitrogens with two attached hydrogens (primary N) is 1. The fourth-order valence-electron chi connectivity index (χ4n) is 1.75. The van der Waals surface area contributed by atoms with Crippen molar-refractivity contribution in [1.29, 1.82) is 0 Å². The minimum atomic E-state index is -0.00934. The smallest absolute Gasteiger partial charge is 0.223 e. The van der Waals surface area contributed by atoms with E-state index in [1.165, 1.54) is 6.92 Å². The predicted molar refractivity (Wildman–Crippen MR) is 80.0 cm³/mol. The zero-order chi connectivity index (χ0) is 14.7. The number of aryl methyl sites for hydroxylation is 1. The number of amides is 1. The number of benzene rings is 1. The molecule has 104 valence electrons. The van der Waals surface area contributed by atoms with E-state index >= 15 is 0 Å². The molecule has 0 unspecified atom stereocenters. The normalized spacial score (nSPS) is 10.2. The van der Waals surface area contributed by atoms with Gasteiger partial charge in [0.2, 0.25) is 11.9 Å². The summed E-state index contributed by atoms with van der Waals surface area (Å²) in [6.07, 6.45) is 0. The summed E-state index contributed by atoms with van der Waals surface area (Å²) in [5.74, 6) is 0.869. The summed E-state index contributed by atoms with van der Waals surface area (Å²) in [6, 6.07) is 9.29. The number of carbonyl (C=O) groups excluding carboxylic acids is 1. The molecule has 0 bridgehead atoms. The van der Waals surface area contributed by atoms with Gasteiger partial charge >= 0.3 is 0 Å². The molecule has 1 aromatic carbocycles. The third-order valence-electron chi connectivity index (χ3n) is 2.87. The topological polar surface area (TPSA) is 84.1 Å². The Labute approximate surface area is 117 Å². The van der Waals surface area contributed by atoms with Crippen LogP contribution in [-0.2, 0) is 4.79 Å². The molecule has 6 heteroatoms. The quantitative estimate of drug-likeness (QED) is 0.893. The van der Waals surface area contributed by atoms with Crippen LogP contribution in [0.5, 0.6) is 0 Å². The lowest BCUT2D eigenvalue weighted by Crippen LogP contribution is -2.22. The van der Waals surface area contributed by atoms with Gasteiger partial charge in [-0.25, -0.2) is 4.98 Å². The highest BCUT2D eigenvalue weighted by Gasteiger charge is 2.05. The van der Waals surface area contributed by atoms with Crippen molar-refractivity contribution < 1.29 is 4.79 Å². The second kappa shape index (κ2) is 5.56. The average Bonchev–Trinajstić information content (AvgIpc) is 2.37. The maximum atomic E-state index is 11.3.